The summed E-state index contributed by atoms with van der Waals surface area (Å²) < 4.78 is 29.6. The Bertz CT molecular complexity index is 971. The van der Waals surface area contributed by atoms with Crippen molar-refractivity contribution in [3.8, 4) is 16.9 Å². The fourth-order valence-electron chi connectivity index (χ4n) is 2.22. The SMILES string of the molecule is O=C(COc1ccccc1-c1ccccc1)NNS(=O)(=O)c1cccs1. The van der Waals surface area contributed by atoms with E-state index in [4.69, 9.17) is 4.74 Å². The third kappa shape index (κ3) is 4.48. The molecule has 0 aliphatic rings. The topological polar surface area (TPSA) is 84.5 Å². The maximum absolute atomic E-state index is 12.0. The molecule has 1 heterocycles. The van der Waals surface area contributed by atoms with E-state index in [1.807, 2.05) is 47.3 Å². The minimum Gasteiger partial charge on any atom is -0.483 e. The molecule has 3 aromatic rings. The summed E-state index contributed by atoms with van der Waals surface area (Å²) in [6, 6.07) is 20.0. The number of nitrogens with one attached hydrogen (secondary N) is 2. The lowest BCUT2D eigenvalue weighted by Gasteiger charge is -2.12. The highest BCUT2D eigenvalue weighted by Gasteiger charge is 2.16. The van der Waals surface area contributed by atoms with Crippen molar-refractivity contribution < 1.29 is 17.9 Å². The first-order valence-corrected chi connectivity index (χ1v) is 10.0. The molecule has 0 spiro atoms. The maximum atomic E-state index is 12.0. The van der Waals surface area contributed by atoms with Crippen LogP contribution in [0.3, 0.4) is 0 Å². The van der Waals surface area contributed by atoms with Crippen LogP contribution in [0.1, 0.15) is 0 Å². The highest BCUT2D eigenvalue weighted by atomic mass is 32.2. The zero-order valence-electron chi connectivity index (χ0n) is 13.6. The molecule has 0 unspecified atom stereocenters. The number of rotatable bonds is 7. The zero-order valence-corrected chi connectivity index (χ0v) is 15.2. The number of hydrazine groups is 1. The van der Waals surface area contributed by atoms with Crippen molar-refractivity contribution in [3.05, 3.63) is 72.1 Å². The van der Waals surface area contributed by atoms with Crippen molar-refractivity contribution >= 4 is 27.3 Å². The first-order chi connectivity index (χ1) is 12.6. The Morgan fingerprint density at radius 3 is 2.42 bits per heavy atom. The lowest BCUT2D eigenvalue weighted by Crippen LogP contribution is -2.43. The van der Waals surface area contributed by atoms with Crippen molar-refractivity contribution in [2.75, 3.05) is 6.61 Å². The smallest absolute Gasteiger partial charge is 0.272 e. The quantitative estimate of drug-likeness (QED) is 0.610. The molecule has 2 aromatic carbocycles. The van der Waals surface area contributed by atoms with Crippen molar-refractivity contribution in [1.29, 1.82) is 0 Å². The predicted octanol–water partition coefficient (Wildman–Crippen LogP) is 2.80. The minimum absolute atomic E-state index is 0.119. The Morgan fingerprint density at radius 1 is 0.962 bits per heavy atom. The molecular weight excluding hydrogens is 372 g/mol. The summed E-state index contributed by atoms with van der Waals surface area (Å²) in [5.74, 6) is -0.0667. The number of hydrogen-bond donors (Lipinski definition) is 2. The molecule has 0 radical (unpaired) electrons. The molecule has 0 saturated heterocycles. The molecule has 6 nitrogen and oxygen atoms in total. The van der Waals surface area contributed by atoms with Gasteiger partial charge in [-0.25, -0.2) is 8.42 Å². The van der Waals surface area contributed by atoms with Crippen LogP contribution in [0, 0.1) is 0 Å². The van der Waals surface area contributed by atoms with Gasteiger partial charge in [-0.15, -0.1) is 16.2 Å². The molecule has 1 amide bonds. The molecule has 3 rings (SSSR count). The standard InChI is InChI=1S/C18H16N2O4S2/c21-17(19-20-26(22,23)18-11-6-12-25-18)13-24-16-10-5-4-9-15(16)14-7-2-1-3-8-14/h1-12,20H,13H2,(H,19,21). The van der Waals surface area contributed by atoms with Crippen LogP contribution in [0.4, 0.5) is 0 Å². The Balaban J connectivity index is 1.61. The Labute approximate surface area is 155 Å². The number of ether oxygens (including phenoxy) is 1. The normalized spacial score (nSPS) is 11.1. The van der Waals surface area contributed by atoms with Gasteiger partial charge in [0.05, 0.1) is 0 Å². The van der Waals surface area contributed by atoms with E-state index >= 15 is 0 Å². The maximum Gasteiger partial charge on any atom is 0.272 e. The Morgan fingerprint density at radius 2 is 1.69 bits per heavy atom. The van der Waals surface area contributed by atoms with Crippen LogP contribution < -0.4 is 15.0 Å². The third-order valence-electron chi connectivity index (χ3n) is 3.42. The summed E-state index contributed by atoms with van der Waals surface area (Å²) in [6.07, 6.45) is 0. The summed E-state index contributed by atoms with van der Waals surface area (Å²) in [5.41, 5.74) is 3.95. The number of carbonyl (C=O) groups is 1. The summed E-state index contributed by atoms with van der Waals surface area (Å²) in [4.78, 5) is 14.0. The largest absolute Gasteiger partial charge is 0.483 e. The number of thiophene rings is 1. The second-order valence-electron chi connectivity index (χ2n) is 5.24. The second-order valence-corrected chi connectivity index (χ2v) is 8.09. The number of amides is 1. The highest BCUT2D eigenvalue weighted by Crippen LogP contribution is 2.29. The van der Waals surface area contributed by atoms with Gasteiger partial charge >= 0.3 is 0 Å². The lowest BCUT2D eigenvalue weighted by atomic mass is 10.1. The van der Waals surface area contributed by atoms with Gasteiger partial charge in [0.1, 0.15) is 9.96 Å². The van der Waals surface area contributed by atoms with Gasteiger partial charge in [-0.3, -0.25) is 10.2 Å². The molecule has 1 aromatic heterocycles. The lowest BCUT2D eigenvalue weighted by molar-refractivity contribution is -0.123. The van der Waals surface area contributed by atoms with E-state index in [1.54, 1.807) is 23.6 Å². The van der Waals surface area contributed by atoms with E-state index in [2.05, 4.69) is 5.43 Å². The van der Waals surface area contributed by atoms with Crippen molar-refractivity contribution in [2.24, 2.45) is 0 Å². The van der Waals surface area contributed by atoms with E-state index in [9.17, 15) is 13.2 Å². The summed E-state index contributed by atoms with van der Waals surface area (Å²) in [7, 11) is -3.77. The third-order valence-corrected chi connectivity index (χ3v) is 6.06. The molecule has 0 aliphatic heterocycles. The summed E-state index contributed by atoms with van der Waals surface area (Å²) >= 11 is 1.06. The highest BCUT2D eigenvalue weighted by molar-refractivity contribution is 7.91. The second kappa shape index (κ2) is 8.13. The number of para-hydroxylation sites is 1. The minimum atomic E-state index is -3.77. The van der Waals surface area contributed by atoms with E-state index in [0.717, 1.165) is 22.5 Å². The van der Waals surface area contributed by atoms with Crippen molar-refractivity contribution in [1.82, 2.24) is 10.3 Å². The van der Waals surface area contributed by atoms with E-state index < -0.39 is 15.9 Å². The molecule has 0 fully saturated rings. The Kier molecular flexibility index (Phi) is 5.67. The molecule has 0 atom stereocenters. The summed E-state index contributed by atoms with van der Waals surface area (Å²) in [6.45, 7) is -0.323. The van der Waals surface area contributed by atoms with Crippen LogP contribution in [0.2, 0.25) is 0 Å². The number of sulfonamides is 1. The van der Waals surface area contributed by atoms with Gasteiger partial charge in [-0.1, -0.05) is 54.6 Å². The van der Waals surface area contributed by atoms with E-state index in [1.165, 1.54) is 6.07 Å². The van der Waals surface area contributed by atoms with Gasteiger partial charge in [-0.2, -0.15) is 0 Å². The first kappa shape index (κ1) is 18.1. The van der Waals surface area contributed by atoms with Gasteiger partial charge in [0.25, 0.3) is 15.9 Å². The fraction of sp³-hybridized carbons (Fsp3) is 0.0556. The first-order valence-electron chi connectivity index (χ1n) is 7.68. The van der Waals surface area contributed by atoms with Crippen LogP contribution in [0.15, 0.2) is 76.3 Å². The monoisotopic (exact) mass is 388 g/mol. The molecule has 0 saturated carbocycles. The average Bonchev–Trinajstić information content (AvgIpc) is 3.21. The van der Waals surface area contributed by atoms with Gasteiger partial charge in [-0.05, 0) is 23.1 Å². The van der Waals surface area contributed by atoms with E-state index in [-0.39, 0.29) is 10.8 Å². The van der Waals surface area contributed by atoms with Gasteiger partial charge in [0.15, 0.2) is 6.61 Å². The molecule has 2 N–H and O–H groups in total. The number of hydrogen-bond acceptors (Lipinski definition) is 5. The molecular formula is C18H16N2O4S2. The number of carbonyl (C=O) groups excluding carboxylic acids is 1. The Hall–Kier alpha value is -2.68. The molecule has 134 valence electrons. The predicted molar refractivity (Wildman–Crippen MR) is 100 cm³/mol. The number of benzene rings is 2. The molecule has 26 heavy (non-hydrogen) atoms. The fourth-order valence-corrected chi connectivity index (χ4v) is 4.07. The van der Waals surface area contributed by atoms with Crippen LogP contribution in [0.5, 0.6) is 5.75 Å². The van der Waals surface area contributed by atoms with Crippen molar-refractivity contribution in [2.45, 2.75) is 4.21 Å². The van der Waals surface area contributed by atoms with Crippen LogP contribution >= 0.6 is 11.3 Å². The molecule has 0 bridgehead atoms. The summed E-state index contributed by atoms with van der Waals surface area (Å²) in [5, 5.41) is 1.64. The van der Waals surface area contributed by atoms with Crippen molar-refractivity contribution in [3.63, 3.8) is 0 Å². The van der Waals surface area contributed by atoms with Crippen LogP contribution in [0.25, 0.3) is 11.1 Å². The van der Waals surface area contributed by atoms with Crippen LogP contribution in [-0.2, 0) is 14.8 Å². The van der Waals surface area contributed by atoms with Crippen LogP contribution in [-0.4, -0.2) is 20.9 Å². The zero-order chi connectivity index (χ0) is 18.4. The molecule has 0 aliphatic carbocycles. The average molecular weight is 388 g/mol. The van der Waals surface area contributed by atoms with E-state index in [0.29, 0.717) is 5.75 Å². The van der Waals surface area contributed by atoms with Gasteiger partial charge in [0.2, 0.25) is 0 Å². The van der Waals surface area contributed by atoms with Gasteiger partial charge < -0.3 is 4.74 Å². The van der Waals surface area contributed by atoms with Gasteiger partial charge in [0, 0.05) is 5.56 Å². The molecule has 8 heteroatoms.